The molecular formula is C13H19Cl2N3. The first kappa shape index (κ1) is 15.1. The van der Waals surface area contributed by atoms with Gasteiger partial charge in [-0.2, -0.15) is 5.10 Å². The van der Waals surface area contributed by atoms with Gasteiger partial charge in [-0.25, -0.2) is 0 Å². The van der Waals surface area contributed by atoms with Crippen LogP contribution >= 0.6 is 23.2 Å². The summed E-state index contributed by atoms with van der Waals surface area (Å²) in [6.07, 6.45) is 1.61. The van der Waals surface area contributed by atoms with E-state index < -0.39 is 0 Å². The van der Waals surface area contributed by atoms with Crippen LogP contribution in [-0.4, -0.2) is 30.1 Å². The van der Waals surface area contributed by atoms with Gasteiger partial charge in [0.1, 0.15) is 0 Å². The molecule has 2 atom stereocenters. The van der Waals surface area contributed by atoms with Crippen LogP contribution in [0.15, 0.2) is 29.4 Å². The van der Waals surface area contributed by atoms with Gasteiger partial charge in [0.25, 0.3) is 0 Å². The minimum absolute atomic E-state index is 0.0747. The lowest BCUT2D eigenvalue weighted by molar-refractivity contribution is 0.753. The highest BCUT2D eigenvalue weighted by Gasteiger charge is 2.11. The molecule has 3 nitrogen and oxygen atoms in total. The zero-order chi connectivity index (χ0) is 13.5. The maximum Gasteiger partial charge on any atom is 0.0538 e. The zero-order valence-corrected chi connectivity index (χ0v) is 12.2. The van der Waals surface area contributed by atoms with E-state index in [4.69, 9.17) is 29.0 Å². The summed E-state index contributed by atoms with van der Waals surface area (Å²) < 4.78 is 0. The molecule has 0 saturated heterocycles. The smallest absolute Gasteiger partial charge is 0.0538 e. The standard InChI is InChI=1S/C13H19Cl2N3/c1-10(14)8-18(9-11(2)15)13-5-3-12(4-6-13)7-17-16/h3-7,10-11H,8-9,16H2,1-2H3. The Hall–Kier alpha value is -0.930. The lowest BCUT2D eigenvalue weighted by atomic mass is 10.2. The maximum absolute atomic E-state index is 6.06. The molecule has 100 valence electrons. The van der Waals surface area contributed by atoms with Gasteiger partial charge in [-0.1, -0.05) is 12.1 Å². The second kappa shape index (κ2) is 7.49. The van der Waals surface area contributed by atoms with E-state index in [0.29, 0.717) is 0 Å². The quantitative estimate of drug-likeness (QED) is 0.378. The fourth-order valence-corrected chi connectivity index (χ4v) is 2.08. The average Bonchev–Trinajstić information content (AvgIpc) is 2.28. The molecule has 18 heavy (non-hydrogen) atoms. The van der Waals surface area contributed by atoms with Crippen molar-refractivity contribution in [2.75, 3.05) is 18.0 Å². The van der Waals surface area contributed by atoms with Crippen LogP contribution in [0.4, 0.5) is 5.69 Å². The highest BCUT2D eigenvalue weighted by atomic mass is 35.5. The number of benzene rings is 1. The van der Waals surface area contributed by atoms with Gasteiger partial charge in [-0.3, -0.25) is 0 Å². The third kappa shape index (κ3) is 5.15. The third-order valence-electron chi connectivity index (χ3n) is 2.43. The predicted octanol–water partition coefficient (Wildman–Crippen LogP) is 3.04. The number of hydrogen-bond donors (Lipinski definition) is 1. The van der Waals surface area contributed by atoms with Crippen LogP contribution in [0.5, 0.6) is 0 Å². The molecule has 2 unspecified atom stereocenters. The van der Waals surface area contributed by atoms with Crippen molar-refractivity contribution in [1.29, 1.82) is 0 Å². The molecule has 1 aromatic carbocycles. The molecule has 0 spiro atoms. The Morgan fingerprint density at radius 3 is 2.06 bits per heavy atom. The largest absolute Gasteiger partial charge is 0.369 e. The maximum atomic E-state index is 6.06. The summed E-state index contributed by atoms with van der Waals surface area (Å²) in [7, 11) is 0. The van der Waals surface area contributed by atoms with Gasteiger partial charge in [-0.05, 0) is 31.5 Å². The normalized spacial score (nSPS) is 14.7. The summed E-state index contributed by atoms with van der Waals surface area (Å²) in [5.41, 5.74) is 2.07. The minimum Gasteiger partial charge on any atom is -0.369 e. The summed E-state index contributed by atoms with van der Waals surface area (Å²) in [5.74, 6) is 5.11. The predicted molar refractivity (Wildman–Crippen MR) is 81.1 cm³/mol. The molecular weight excluding hydrogens is 269 g/mol. The SMILES string of the molecule is CC(Cl)CN(CC(C)Cl)c1ccc(C=NN)cc1. The van der Waals surface area contributed by atoms with Crippen LogP contribution in [0.1, 0.15) is 19.4 Å². The van der Waals surface area contributed by atoms with Crippen molar-refractivity contribution in [2.24, 2.45) is 10.9 Å². The van der Waals surface area contributed by atoms with Crippen LogP contribution in [0.2, 0.25) is 0 Å². The van der Waals surface area contributed by atoms with Gasteiger partial charge in [0.05, 0.1) is 6.21 Å². The van der Waals surface area contributed by atoms with Crippen LogP contribution < -0.4 is 10.7 Å². The van der Waals surface area contributed by atoms with Gasteiger partial charge in [-0.15, -0.1) is 23.2 Å². The fraction of sp³-hybridized carbons (Fsp3) is 0.462. The fourth-order valence-electron chi connectivity index (χ4n) is 1.75. The Kier molecular flexibility index (Phi) is 6.30. The first-order valence-electron chi connectivity index (χ1n) is 5.89. The second-order valence-electron chi connectivity index (χ2n) is 4.34. The van der Waals surface area contributed by atoms with E-state index in [0.717, 1.165) is 24.3 Å². The van der Waals surface area contributed by atoms with E-state index in [2.05, 4.69) is 10.0 Å². The number of nitrogens with zero attached hydrogens (tertiary/aromatic N) is 2. The molecule has 0 radical (unpaired) electrons. The molecule has 5 heteroatoms. The molecule has 0 aliphatic carbocycles. The summed E-state index contributed by atoms with van der Waals surface area (Å²) in [4.78, 5) is 2.18. The third-order valence-corrected chi connectivity index (χ3v) is 2.70. The first-order valence-corrected chi connectivity index (χ1v) is 6.76. The summed E-state index contributed by atoms with van der Waals surface area (Å²) in [6.45, 7) is 5.48. The lowest BCUT2D eigenvalue weighted by Crippen LogP contribution is -2.33. The highest BCUT2D eigenvalue weighted by Crippen LogP contribution is 2.17. The molecule has 0 aliphatic heterocycles. The molecule has 1 aromatic rings. The Labute approximate surface area is 119 Å². The number of rotatable bonds is 6. The van der Waals surface area contributed by atoms with Gasteiger partial charge in [0.15, 0.2) is 0 Å². The summed E-state index contributed by atoms with van der Waals surface area (Å²) in [6, 6.07) is 7.98. The Morgan fingerprint density at radius 2 is 1.67 bits per heavy atom. The van der Waals surface area contributed by atoms with E-state index in [1.165, 1.54) is 0 Å². The number of halogens is 2. The van der Waals surface area contributed by atoms with E-state index in [-0.39, 0.29) is 10.8 Å². The van der Waals surface area contributed by atoms with Crippen LogP contribution in [0, 0.1) is 0 Å². The molecule has 0 saturated carbocycles. The Bertz CT molecular complexity index is 364. The van der Waals surface area contributed by atoms with E-state index in [1.807, 2.05) is 38.1 Å². The van der Waals surface area contributed by atoms with Crippen molar-refractivity contribution >= 4 is 35.1 Å². The number of hydrogen-bond acceptors (Lipinski definition) is 3. The van der Waals surface area contributed by atoms with Crippen molar-refractivity contribution in [3.05, 3.63) is 29.8 Å². The molecule has 0 amide bonds. The van der Waals surface area contributed by atoms with Crippen LogP contribution in [0.3, 0.4) is 0 Å². The van der Waals surface area contributed by atoms with Crippen molar-refractivity contribution in [2.45, 2.75) is 24.6 Å². The van der Waals surface area contributed by atoms with Crippen LogP contribution in [0.25, 0.3) is 0 Å². The highest BCUT2D eigenvalue weighted by molar-refractivity contribution is 6.21. The van der Waals surface area contributed by atoms with Crippen LogP contribution in [-0.2, 0) is 0 Å². The van der Waals surface area contributed by atoms with E-state index in [9.17, 15) is 0 Å². The van der Waals surface area contributed by atoms with E-state index >= 15 is 0 Å². The van der Waals surface area contributed by atoms with Crippen molar-refractivity contribution in [3.63, 3.8) is 0 Å². The monoisotopic (exact) mass is 287 g/mol. The number of hydrazone groups is 1. The molecule has 0 aromatic heterocycles. The average molecular weight is 288 g/mol. The summed E-state index contributed by atoms with van der Waals surface area (Å²) >= 11 is 12.1. The molecule has 0 aliphatic rings. The van der Waals surface area contributed by atoms with Crippen molar-refractivity contribution in [3.8, 4) is 0 Å². The van der Waals surface area contributed by atoms with E-state index in [1.54, 1.807) is 6.21 Å². The molecule has 1 rings (SSSR count). The van der Waals surface area contributed by atoms with Gasteiger partial charge in [0.2, 0.25) is 0 Å². The Morgan fingerprint density at radius 1 is 1.17 bits per heavy atom. The first-order chi connectivity index (χ1) is 8.52. The molecule has 2 N–H and O–H groups in total. The number of alkyl halides is 2. The van der Waals surface area contributed by atoms with Gasteiger partial charge in [0, 0.05) is 29.5 Å². The van der Waals surface area contributed by atoms with Gasteiger partial charge >= 0.3 is 0 Å². The van der Waals surface area contributed by atoms with Gasteiger partial charge < -0.3 is 10.7 Å². The summed E-state index contributed by atoms with van der Waals surface area (Å²) in [5, 5.41) is 3.65. The molecule has 0 fully saturated rings. The molecule has 0 bridgehead atoms. The Balaban J connectivity index is 2.83. The number of nitrogens with two attached hydrogens (primary N) is 1. The minimum atomic E-state index is 0.0747. The van der Waals surface area contributed by atoms with Crippen molar-refractivity contribution < 1.29 is 0 Å². The second-order valence-corrected chi connectivity index (χ2v) is 5.83. The molecule has 0 heterocycles. The number of anilines is 1. The van der Waals surface area contributed by atoms with Crippen molar-refractivity contribution in [1.82, 2.24) is 0 Å². The zero-order valence-electron chi connectivity index (χ0n) is 10.7. The lowest BCUT2D eigenvalue weighted by Gasteiger charge is -2.27. The topological polar surface area (TPSA) is 41.6 Å².